The number of phosphoric acid groups is 1. The number of nitrogens with one attached hydrogen (secondary N) is 2. The molecule has 1 saturated heterocycles. The van der Waals surface area contributed by atoms with Gasteiger partial charge in [-0.25, -0.2) is 4.79 Å². The van der Waals surface area contributed by atoms with Crippen molar-refractivity contribution in [1.82, 2.24) is 9.55 Å². The van der Waals surface area contributed by atoms with Gasteiger partial charge in [0.2, 0.25) is 0 Å². The maximum absolute atomic E-state index is 13.4. The van der Waals surface area contributed by atoms with Crippen LogP contribution < -0.4 is 35.0 Å². The normalized spacial score (nSPS) is 17.5. The number of methoxy groups -OCH3 is 2. The highest BCUT2D eigenvalue weighted by atomic mass is 35.5. The zero-order valence-electron chi connectivity index (χ0n) is 33.8. The molecule has 4 aromatic carbocycles. The number of H-pyrrole nitrogens is 1. The number of aryl methyl sites for hydroxylation is 1. The number of quaternary nitrogens is 1. The Morgan fingerprint density at radius 2 is 1.37 bits per heavy atom. The molecule has 6 rings (SSSR count). The highest BCUT2D eigenvalue weighted by molar-refractivity contribution is 7.46. The van der Waals surface area contributed by atoms with Crippen molar-refractivity contribution in [2.45, 2.75) is 58.2 Å². The molecule has 0 bridgehead atoms. The Morgan fingerprint density at radius 3 is 1.88 bits per heavy atom. The second-order valence-corrected chi connectivity index (χ2v) is 15.8. The molecule has 0 spiro atoms. The maximum Gasteiger partial charge on any atom is 0.330 e. The lowest BCUT2D eigenvalue weighted by Gasteiger charge is -2.37. The monoisotopic (exact) mass is 869 g/mol. The van der Waals surface area contributed by atoms with E-state index >= 15 is 0 Å². The predicted molar refractivity (Wildman–Crippen MR) is 225 cm³/mol. The lowest BCUT2D eigenvalue weighted by molar-refractivity contribution is -0.894. The summed E-state index contributed by atoms with van der Waals surface area (Å²) < 4.78 is 49.6. The van der Waals surface area contributed by atoms with Crippen molar-refractivity contribution in [1.29, 1.82) is 0 Å². The van der Waals surface area contributed by atoms with E-state index in [1.165, 1.54) is 55.5 Å². The summed E-state index contributed by atoms with van der Waals surface area (Å²) in [7, 11) is -1.96. The molecule has 1 fully saturated rings. The van der Waals surface area contributed by atoms with Crippen LogP contribution in [0.2, 0.25) is 10.0 Å². The van der Waals surface area contributed by atoms with Crippen molar-refractivity contribution >= 4 is 31.0 Å². The van der Waals surface area contributed by atoms with Gasteiger partial charge in [-0.05, 0) is 80.8 Å². The molecule has 59 heavy (non-hydrogen) atoms. The topological polar surface area (TPSA) is 155 Å². The van der Waals surface area contributed by atoms with Gasteiger partial charge in [0.25, 0.3) is 5.56 Å². The van der Waals surface area contributed by atoms with Gasteiger partial charge < -0.3 is 37.8 Å². The lowest BCUT2D eigenvalue weighted by atomic mass is 9.80. The molecule has 0 radical (unpaired) electrons. The van der Waals surface area contributed by atoms with Crippen LogP contribution in [0.25, 0.3) is 0 Å². The molecule has 0 aliphatic carbocycles. The summed E-state index contributed by atoms with van der Waals surface area (Å²) in [5.41, 5.74) is -0.133. The minimum Gasteiger partial charge on any atom is -0.746 e. The first-order valence-corrected chi connectivity index (χ1v) is 21.4. The van der Waals surface area contributed by atoms with E-state index < -0.39 is 43.1 Å². The number of nitrogens with zero attached hydrogens (tertiary/aromatic N) is 1. The van der Waals surface area contributed by atoms with Gasteiger partial charge in [-0.1, -0.05) is 77.8 Å². The van der Waals surface area contributed by atoms with Gasteiger partial charge in [-0.2, -0.15) is 0 Å². The first kappa shape index (κ1) is 45.7. The first-order valence-electron chi connectivity index (χ1n) is 19.2. The Morgan fingerprint density at radius 1 is 0.831 bits per heavy atom. The van der Waals surface area contributed by atoms with Crippen LogP contribution in [0.3, 0.4) is 0 Å². The van der Waals surface area contributed by atoms with E-state index in [-0.39, 0.29) is 34.4 Å². The Labute approximate surface area is 353 Å². The average molecular weight is 871 g/mol. The van der Waals surface area contributed by atoms with Crippen LogP contribution in [0.5, 0.6) is 17.2 Å². The fourth-order valence-corrected chi connectivity index (χ4v) is 8.07. The van der Waals surface area contributed by atoms with E-state index in [1.54, 1.807) is 19.1 Å². The molecule has 0 saturated carbocycles. The van der Waals surface area contributed by atoms with Gasteiger partial charge in [0.1, 0.15) is 35.2 Å². The number of ether oxygens (including phenoxy) is 4. The van der Waals surface area contributed by atoms with Crippen molar-refractivity contribution in [3.63, 3.8) is 0 Å². The van der Waals surface area contributed by atoms with Crippen molar-refractivity contribution in [3.05, 3.63) is 156 Å². The highest BCUT2D eigenvalue weighted by Gasteiger charge is 2.44. The van der Waals surface area contributed by atoms with Gasteiger partial charge in [-0.15, -0.1) is 0 Å². The zero-order chi connectivity index (χ0) is 42.7. The van der Waals surface area contributed by atoms with Gasteiger partial charge in [-0.3, -0.25) is 18.9 Å². The molecule has 13 nitrogen and oxygen atoms in total. The molecular weight excluding hydrogens is 820 g/mol. The van der Waals surface area contributed by atoms with Crippen LogP contribution in [0.1, 0.15) is 55.7 Å². The van der Waals surface area contributed by atoms with Crippen molar-refractivity contribution < 1.29 is 42.4 Å². The third-order valence-corrected chi connectivity index (χ3v) is 11.8. The molecule has 1 unspecified atom stereocenters. The quantitative estimate of drug-likeness (QED) is 0.0850. The van der Waals surface area contributed by atoms with E-state index in [0.717, 1.165) is 16.7 Å². The third-order valence-electron chi connectivity index (χ3n) is 10.1. The van der Waals surface area contributed by atoms with Crippen LogP contribution >= 0.6 is 31.0 Å². The molecule has 1 aromatic heterocycles. The number of phosphoric ester groups is 1. The molecule has 316 valence electrons. The van der Waals surface area contributed by atoms with Crippen molar-refractivity contribution in [2.24, 2.45) is 0 Å². The maximum atomic E-state index is 13.4. The Balaban J connectivity index is 0.000000867. The SMILES string of the molecule is CC[NH+](CC)CC.COc1ccc(C(OC[C@H]2O[C@@H](n3cc(C)c(=O)[nH]c3=O)C[C@@H]2OP(=O)([O-])Oc2ccc(Cl)c(Cl)c2)(c2ccccc2)c2ccc(OC)cc2)cc1. The average Bonchev–Trinajstić information content (AvgIpc) is 3.63. The van der Waals surface area contributed by atoms with Crippen LogP contribution in [0, 0.1) is 6.92 Å². The fraction of sp³-hybridized carbons (Fsp3) is 0.349. The smallest absolute Gasteiger partial charge is 0.330 e. The van der Waals surface area contributed by atoms with E-state index in [9.17, 15) is 19.0 Å². The van der Waals surface area contributed by atoms with E-state index in [1.807, 2.05) is 78.9 Å². The van der Waals surface area contributed by atoms with Gasteiger partial charge >= 0.3 is 13.5 Å². The molecule has 1 aliphatic heterocycles. The van der Waals surface area contributed by atoms with E-state index in [0.29, 0.717) is 11.5 Å². The molecule has 1 aliphatic rings. The predicted octanol–water partition coefficient (Wildman–Crippen LogP) is 6.33. The second-order valence-electron chi connectivity index (χ2n) is 13.7. The number of hydrogen-bond acceptors (Lipinski definition) is 10. The molecular formula is C43H50Cl2N3O10P. The summed E-state index contributed by atoms with van der Waals surface area (Å²) in [6, 6.07) is 28.2. The minimum atomic E-state index is -5.10. The number of rotatable bonds is 16. The Kier molecular flexibility index (Phi) is 16.0. The molecule has 5 aromatic rings. The lowest BCUT2D eigenvalue weighted by Crippen LogP contribution is -3.11. The van der Waals surface area contributed by atoms with E-state index in [4.69, 9.17) is 51.2 Å². The highest BCUT2D eigenvalue weighted by Crippen LogP contribution is 2.47. The number of halogens is 2. The first-order chi connectivity index (χ1) is 28.3. The summed E-state index contributed by atoms with van der Waals surface area (Å²) in [5.74, 6) is 1.14. The number of hydrogen-bond donors (Lipinski definition) is 2. The van der Waals surface area contributed by atoms with Gasteiger partial charge in [0.05, 0.1) is 56.6 Å². The van der Waals surface area contributed by atoms with Crippen LogP contribution in [0.15, 0.2) is 113 Å². The van der Waals surface area contributed by atoms with Crippen LogP contribution in [-0.4, -0.2) is 62.2 Å². The van der Waals surface area contributed by atoms with E-state index in [2.05, 4.69) is 25.8 Å². The van der Waals surface area contributed by atoms with Crippen molar-refractivity contribution in [2.75, 3.05) is 40.5 Å². The van der Waals surface area contributed by atoms with Gasteiger partial charge in [0.15, 0.2) is 0 Å². The Bertz CT molecular complexity index is 2230. The second kappa shape index (κ2) is 20.7. The van der Waals surface area contributed by atoms with Crippen LogP contribution in [-0.2, 0) is 24.2 Å². The van der Waals surface area contributed by atoms with Crippen molar-refractivity contribution in [3.8, 4) is 17.2 Å². The molecule has 4 atom stereocenters. The summed E-state index contributed by atoms with van der Waals surface area (Å²) in [6.07, 6.45) is -2.11. The molecule has 2 heterocycles. The standard InChI is InChI=1S/C37H35Cl2N2O10P.C6H15N/c1-23-21-41(36(43)40-35(23)42)34-20-32(51-52(44,45)50-29-17-18-30(38)31(39)19-29)33(49-34)22-48-37(24-7-5-4-6-8-24,25-9-13-27(46-2)14-10-25)26-11-15-28(47-3)16-12-26;1-4-7(5-2)6-3/h4-19,21,32-34H,20,22H2,1-3H3,(H,44,45)(H,40,42,43);4-6H2,1-3H3/t32-,33+,34+;/m0./s1. The van der Waals surface area contributed by atoms with Gasteiger partial charge in [0, 0.05) is 24.2 Å². The molecule has 0 amide bonds. The fourth-order valence-electron chi connectivity index (χ4n) is 6.81. The summed E-state index contributed by atoms with van der Waals surface area (Å²) >= 11 is 12.1. The largest absolute Gasteiger partial charge is 0.746 e. The minimum absolute atomic E-state index is 0.0804. The molecule has 16 heteroatoms. The zero-order valence-corrected chi connectivity index (χ0v) is 36.2. The summed E-state index contributed by atoms with van der Waals surface area (Å²) in [5, 5.41) is 0.286. The third kappa shape index (κ3) is 11.2. The summed E-state index contributed by atoms with van der Waals surface area (Å²) in [4.78, 5) is 42.4. The number of aromatic nitrogens is 2. The molecule has 2 N–H and O–H groups in total. The summed E-state index contributed by atoms with van der Waals surface area (Å²) in [6.45, 7) is 11.8. The number of benzene rings is 4. The van der Waals surface area contributed by atoms with Crippen LogP contribution in [0.4, 0.5) is 0 Å². The Hall–Kier alpha value is -4.43. The number of aromatic amines is 1.